The second kappa shape index (κ2) is 29.6. The molecule has 52 heavy (non-hydrogen) atoms. The summed E-state index contributed by atoms with van der Waals surface area (Å²) in [5.74, 6) is -1.76. The van der Waals surface area contributed by atoms with Crippen LogP contribution in [0.5, 0.6) is 0 Å². The summed E-state index contributed by atoms with van der Waals surface area (Å²) in [6.07, 6.45) is -0.310. The van der Waals surface area contributed by atoms with Gasteiger partial charge >= 0.3 is 45.8 Å². The number of alkyl halides is 6. The number of nitrogens with two attached hydrogens (primary N) is 5. The fraction of sp³-hybridized carbons (Fsp3) is 0.640. The van der Waals surface area contributed by atoms with Gasteiger partial charge in [0.1, 0.15) is 11.6 Å². The molecule has 1 radical (unpaired) electrons. The molecule has 1 aromatic rings. The van der Waals surface area contributed by atoms with Crippen LogP contribution in [0.4, 0.5) is 31.1 Å². The van der Waals surface area contributed by atoms with E-state index >= 15 is 0 Å². The fourth-order valence-corrected chi connectivity index (χ4v) is 1.93. The standard InChI is InChI=1S/C11H21NO4.C8H9NO2.2C2H8N2.2CHF3O3S.Co/c1-7(2)6-8(9(13)14)12-10(15)16-11(3,4)5;9-5-6-1-3-7(4-2-6)8(10)11;2*3-1-2-4;2*2-1(3,4)8(5,6)7;/h7-8H,6H2,1-5H3,(H,12,15)(H,13,14);1-4H,5,9H2,(H,10,11);2*1-4H2;2*(H,5,6,7);/q;;;;;;+2/p-2/t8-;;;;;;/m0....../s1. The average Bonchev–Trinajstić information content (AvgIpc) is 2.94. The summed E-state index contributed by atoms with van der Waals surface area (Å²) in [5.41, 5.74) is 14.3. The molecule has 1 aromatic carbocycles. The van der Waals surface area contributed by atoms with Crippen molar-refractivity contribution < 1.29 is 98.4 Å². The SMILES string of the molecule is CC(C)C[C@H](NC(=O)OC(C)(C)C)C(=O)O.NCCN.NCCN.NCc1ccc(C(=O)O)cc1.O=S(=O)([O-])C(F)(F)F.O=S(=O)([O-])C(F)(F)F.[Co+2]. The number of rotatable bonds is 8. The molecule has 0 saturated carbocycles. The molecule has 0 aliphatic rings. The molecule has 0 spiro atoms. The van der Waals surface area contributed by atoms with E-state index in [4.69, 9.17) is 69.6 Å². The fourth-order valence-electron chi connectivity index (χ4n) is 1.93. The molecule has 0 aromatic heterocycles. The zero-order valence-corrected chi connectivity index (χ0v) is 31.2. The summed E-state index contributed by atoms with van der Waals surface area (Å²) in [7, 11) is -12.2. The van der Waals surface area contributed by atoms with E-state index in [1.807, 2.05) is 13.8 Å². The van der Waals surface area contributed by atoms with Crippen molar-refractivity contribution in [1.82, 2.24) is 5.32 Å². The molecule has 1 rings (SSSR count). The van der Waals surface area contributed by atoms with Crippen molar-refractivity contribution in [3.05, 3.63) is 35.4 Å². The van der Waals surface area contributed by atoms with E-state index in [1.165, 1.54) is 0 Å². The van der Waals surface area contributed by atoms with Crippen LogP contribution in [0.2, 0.25) is 0 Å². The van der Waals surface area contributed by atoms with Crippen LogP contribution < -0.4 is 34.0 Å². The zero-order chi connectivity index (χ0) is 42.0. The van der Waals surface area contributed by atoms with Crippen molar-refractivity contribution in [1.29, 1.82) is 0 Å². The molecule has 27 heteroatoms. The number of hydrogen-bond acceptors (Lipinski definition) is 15. The molecule has 0 aliphatic carbocycles. The van der Waals surface area contributed by atoms with Gasteiger partial charge in [-0.15, -0.1) is 0 Å². The summed E-state index contributed by atoms with van der Waals surface area (Å²) in [5, 5.41) is 19.8. The van der Waals surface area contributed by atoms with E-state index in [-0.39, 0.29) is 22.7 Å². The summed E-state index contributed by atoms with van der Waals surface area (Å²) in [4.78, 5) is 32.6. The summed E-state index contributed by atoms with van der Waals surface area (Å²) in [6.45, 7) is 11.8. The van der Waals surface area contributed by atoms with Gasteiger partial charge in [0.25, 0.3) is 0 Å². The predicted octanol–water partition coefficient (Wildman–Crippen LogP) is 0.762. The second-order valence-electron chi connectivity index (χ2n) is 10.3. The third kappa shape index (κ3) is 39.9. The van der Waals surface area contributed by atoms with Crippen molar-refractivity contribution in [3.8, 4) is 0 Å². The number of hydrogen-bond donors (Lipinski definition) is 8. The minimum atomic E-state index is -6.09. The number of ether oxygens (including phenoxy) is 1. The van der Waals surface area contributed by atoms with E-state index < -0.39 is 60.9 Å². The third-order valence-corrected chi connectivity index (χ3v) is 5.17. The van der Waals surface area contributed by atoms with Gasteiger partial charge in [-0.1, -0.05) is 26.0 Å². The summed E-state index contributed by atoms with van der Waals surface area (Å²) >= 11 is 0. The molecule has 0 bridgehead atoms. The van der Waals surface area contributed by atoms with Crippen LogP contribution in [0.1, 0.15) is 57.0 Å². The molecule has 1 atom stereocenters. The van der Waals surface area contributed by atoms with Gasteiger partial charge in [0.2, 0.25) is 0 Å². The van der Waals surface area contributed by atoms with Crippen molar-refractivity contribution in [2.75, 3.05) is 26.2 Å². The van der Waals surface area contributed by atoms with E-state index in [9.17, 15) is 40.7 Å². The first-order valence-electron chi connectivity index (χ1n) is 13.8. The first-order chi connectivity index (χ1) is 22.7. The smallest absolute Gasteiger partial charge is 0.741 e. The third-order valence-electron chi connectivity index (χ3n) is 4.03. The Bertz CT molecular complexity index is 1280. The molecule has 0 aliphatic heterocycles. The number of halogens is 6. The molecule has 13 N–H and O–H groups in total. The van der Waals surface area contributed by atoms with Crippen molar-refractivity contribution in [3.63, 3.8) is 0 Å². The maximum Gasteiger partial charge on any atom is 2.00 e. The van der Waals surface area contributed by atoms with Crippen LogP contribution in [0.15, 0.2) is 24.3 Å². The number of aromatic carboxylic acids is 1. The van der Waals surface area contributed by atoms with Crippen molar-refractivity contribution >= 4 is 38.3 Å². The molecule has 1 amide bonds. The Balaban J connectivity index is -0.000000130. The minimum absolute atomic E-state index is 0. The normalized spacial score (nSPS) is 11.6. The number of amides is 1. The van der Waals surface area contributed by atoms with Gasteiger partial charge in [0, 0.05) is 32.7 Å². The Kier molecular flexibility index (Phi) is 34.8. The number of nitrogens with one attached hydrogen (secondary N) is 1. The molecule has 18 nitrogen and oxygen atoms in total. The molecule has 0 saturated heterocycles. The Morgan fingerprint density at radius 1 is 0.769 bits per heavy atom. The Labute approximate surface area is 307 Å². The van der Waals surface area contributed by atoms with Gasteiger partial charge in [-0.05, 0) is 50.8 Å². The number of carboxylic acids is 2. The molecular weight excluding hydrogens is 813 g/mol. The van der Waals surface area contributed by atoms with Crippen molar-refractivity contribution in [2.45, 2.75) is 70.2 Å². The number of alkyl carbamates (subject to hydrolysis) is 1. The van der Waals surface area contributed by atoms with E-state index in [0.717, 1.165) is 5.56 Å². The number of carboxylic acid groups (broad SMARTS) is 2. The van der Waals surface area contributed by atoms with Crippen LogP contribution in [0, 0.1) is 5.92 Å². The van der Waals surface area contributed by atoms with Gasteiger partial charge in [-0.2, -0.15) is 26.3 Å². The molecule has 311 valence electrons. The first kappa shape index (κ1) is 61.2. The van der Waals surface area contributed by atoms with Gasteiger partial charge in [-0.25, -0.2) is 31.2 Å². The second-order valence-corrected chi connectivity index (χ2v) is 13.1. The molecular formula is C25H46CoF6N6O12S2. The average molecular weight is 860 g/mol. The van der Waals surface area contributed by atoms with Crippen LogP contribution in [-0.2, 0) is 53.1 Å². The largest absolute Gasteiger partial charge is 2.00 e. The number of aliphatic carboxylic acids is 1. The first-order valence-corrected chi connectivity index (χ1v) is 16.6. The monoisotopic (exact) mass is 859 g/mol. The van der Waals surface area contributed by atoms with Gasteiger partial charge in [-0.3, -0.25) is 0 Å². The van der Waals surface area contributed by atoms with Crippen LogP contribution in [0.3, 0.4) is 0 Å². The van der Waals surface area contributed by atoms with Crippen LogP contribution >= 0.6 is 0 Å². The van der Waals surface area contributed by atoms with E-state index in [0.29, 0.717) is 44.7 Å². The number of carbonyl (C=O) groups is 3. The van der Waals surface area contributed by atoms with E-state index in [1.54, 1.807) is 45.0 Å². The van der Waals surface area contributed by atoms with Crippen LogP contribution in [-0.4, -0.2) is 103 Å². The molecule has 0 fully saturated rings. The summed E-state index contributed by atoms with van der Waals surface area (Å²) < 4.78 is 123. The molecule has 0 unspecified atom stereocenters. The van der Waals surface area contributed by atoms with Gasteiger partial charge in [0.05, 0.1) is 5.56 Å². The summed E-state index contributed by atoms with van der Waals surface area (Å²) in [6, 6.07) is 5.62. The maximum atomic E-state index is 11.4. The van der Waals surface area contributed by atoms with Gasteiger partial charge in [0.15, 0.2) is 20.2 Å². The minimum Gasteiger partial charge on any atom is -0.741 e. The number of carbonyl (C=O) groups excluding carboxylic acids is 1. The maximum absolute atomic E-state index is 11.4. The van der Waals surface area contributed by atoms with E-state index in [2.05, 4.69) is 5.32 Å². The van der Waals surface area contributed by atoms with Crippen molar-refractivity contribution in [2.24, 2.45) is 34.6 Å². The Morgan fingerprint density at radius 2 is 1.08 bits per heavy atom. The molecule has 0 heterocycles. The predicted molar refractivity (Wildman–Crippen MR) is 169 cm³/mol. The quantitative estimate of drug-likeness (QED) is 0.102. The number of benzene rings is 1. The zero-order valence-electron chi connectivity index (χ0n) is 28.5. The Morgan fingerprint density at radius 3 is 1.25 bits per heavy atom. The van der Waals surface area contributed by atoms with Gasteiger partial charge < -0.3 is 58.0 Å². The van der Waals surface area contributed by atoms with Crippen LogP contribution in [0.25, 0.3) is 0 Å². The topological polar surface area (TPSA) is 357 Å². The Hall–Kier alpha value is -2.86.